The van der Waals surface area contributed by atoms with Crippen molar-refractivity contribution in [3.63, 3.8) is 0 Å². The molecular weight excluding hydrogens is 376 g/mol. The molecule has 0 spiro atoms. The number of carbonyl (C=O) groups excluding carboxylic acids is 1. The molecule has 4 rings (SSSR count). The van der Waals surface area contributed by atoms with Gasteiger partial charge in [-0.1, -0.05) is 17.7 Å². The Kier molecular flexibility index (Phi) is 4.94. The lowest BCUT2D eigenvalue weighted by atomic mass is 10.2. The van der Waals surface area contributed by atoms with E-state index in [0.717, 1.165) is 10.8 Å². The Labute approximate surface area is 164 Å². The molecule has 2 aromatic heterocycles. The van der Waals surface area contributed by atoms with Crippen LogP contribution < -0.4 is 15.7 Å². The van der Waals surface area contributed by atoms with Crippen LogP contribution in [0.2, 0.25) is 0 Å². The van der Waals surface area contributed by atoms with E-state index in [1.54, 1.807) is 18.2 Å². The molecule has 0 saturated carbocycles. The summed E-state index contributed by atoms with van der Waals surface area (Å²) in [5.74, 6) is 0.617. The molecule has 3 N–H and O–H groups in total. The zero-order valence-electron chi connectivity index (χ0n) is 15.1. The molecule has 0 aliphatic rings. The van der Waals surface area contributed by atoms with Gasteiger partial charge in [-0.2, -0.15) is 0 Å². The number of H-pyrrole nitrogens is 2. The summed E-state index contributed by atoms with van der Waals surface area (Å²) in [6, 6.07) is 13.0. The highest BCUT2D eigenvalue weighted by Crippen LogP contribution is 2.18. The second-order valence-corrected chi connectivity index (χ2v) is 7.34. The first-order valence-corrected chi connectivity index (χ1v) is 9.58. The van der Waals surface area contributed by atoms with Crippen molar-refractivity contribution >= 4 is 34.0 Å². The number of ether oxygens (including phenoxy) is 1. The van der Waals surface area contributed by atoms with Gasteiger partial charge in [-0.3, -0.25) is 4.79 Å². The SMILES string of the molecule is Cc1ccc(OCc2nc(CC(=O)Nc3ccc4[nH]c(=O)[nH]c4c3)cs2)cc1. The van der Waals surface area contributed by atoms with Crippen LogP contribution in [0.15, 0.2) is 52.6 Å². The minimum Gasteiger partial charge on any atom is -0.486 e. The van der Waals surface area contributed by atoms with E-state index in [1.165, 1.54) is 16.9 Å². The molecule has 7 nitrogen and oxygen atoms in total. The molecule has 0 atom stereocenters. The van der Waals surface area contributed by atoms with E-state index in [1.807, 2.05) is 36.6 Å². The van der Waals surface area contributed by atoms with Crippen molar-refractivity contribution in [2.75, 3.05) is 5.32 Å². The molecule has 28 heavy (non-hydrogen) atoms. The van der Waals surface area contributed by atoms with Gasteiger partial charge in [0.2, 0.25) is 5.91 Å². The third-order valence-corrected chi connectivity index (χ3v) is 5.00. The Balaban J connectivity index is 1.34. The maximum absolute atomic E-state index is 12.3. The van der Waals surface area contributed by atoms with Crippen molar-refractivity contribution in [2.24, 2.45) is 0 Å². The van der Waals surface area contributed by atoms with Crippen LogP contribution in [0.25, 0.3) is 11.0 Å². The number of aromatic amines is 2. The van der Waals surface area contributed by atoms with Crippen LogP contribution in [0.3, 0.4) is 0 Å². The molecule has 4 aromatic rings. The van der Waals surface area contributed by atoms with Gasteiger partial charge >= 0.3 is 5.69 Å². The van der Waals surface area contributed by atoms with E-state index in [-0.39, 0.29) is 18.0 Å². The van der Waals surface area contributed by atoms with Gasteiger partial charge in [0.15, 0.2) is 0 Å². The second-order valence-electron chi connectivity index (χ2n) is 6.40. The maximum atomic E-state index is 12.3. The predicted molar refractivity (Wildman–Crippen MR) is 109 cm³/mol. The first kappa shape index (κ1) is 18.0. The number of aryl methyl sites for hydroxylation is 1. The largest absolute Gasteiger partial charge is 0.486 e. The highest BCUT2D eigenvalue weighted by molar-refractivity contribution is 7.09. The van der Waals surface area contributed by atoms with E-state index in [4.69, 9.17) is 4.74 Å². The normalized spacial score (nSPS) is 10.9. The molecule has 0 unspecified atom stereocenters. The number of carbonyl (C=O) groups is 1. The van der Waals surface area contributed by atoms with Gasteiger partial charge in [0.1, 0.15) is 17.4 Å². The number of rotatable bonds is 6. The minimum absolute atomic E-state index is 0.169. The zero-order chi connectivity index (χ0) is 19.5. The fourth-order valence-electron chi connectivity index (χ4n) is 2.76. The summed E-state index contributed by atoms with van der Waals surface area (Å²) in [5.41, 5.74) is 3.55. The smallest absolute Gasteiger partial charge is 0.323 e. The first-order chi connectivity index (χ1) is 13.5. The van der Waals surface area contributed by atoms with E-state index in [0.29, 0.717) is 29.0 Å². The van der Waals surface area contributed by atoms with Crippen molar-refractivity contribution in [1.82, 2.24) is 15.0 Å². The van der Waals surface area contributed by atoms with Crippen molar-refractivity contribution < 1.29 is 9.53 Å². The lowest BCUT2D eigenvalue weighted by Gasteiger charge is -2.04. The second kappa shape index (κ2) is 7.69. The summed E-state index contributed by atoms with van der Waals surface area (Å²) >= 11 is 1.46. The molecule has 2 aromatic carbocycles. The molecule has 142 valence electrons. The van der Waals surface area contributed by atoms with E-state index >= 15 is 0 Å². The lowest BCUT2D eigenvalue weighted by molar-refractivity contribution is -0.115. The monoisotopic (exact) mass is 394 g/mol. The average Bonchev–Trinajstić information content (AvgIpc) is 3.26. The van der Waals surface area contributed by atoms with Crippen LogP contribution in [-0.4, -0.2) is 20.9 Å². The molecular formula is C20H18N4O3S. The number of nitrogens with zero attached hydrogens (tertiary/aromatic N) is 1. The third kappa shape index (κ3) is 4.29. The Morgan fingerprint density at radius 3 is 2.75 bits per heavy atom. The number of aromatic nitrogens is 3. The van der Waals surface area contributed by atoms with Crippen LogP contribution in [0, 0.1) is 6.92 Å². The fraction of sp³-hybridized carbons (Fsp3) is 0.150. The number of nitrogens with one attached hydrogen (secondary N) is 3. The Bertz CT molecular complexity index is 1170. The maximum Gasteiger partial charge on any atom is 0.323 e. The van der Waals surface area contributed by atoms with E-state index < -0.39 is 0 Å². The topological polar surface area (TPSA) is 99.9 Å². The van der Waals surface area contributed by atoms with Gasteiger partial charge in [0.05, 0.1) is 23.1 Å². The van der Waals surface area contributed by atoms with Crippen LogP contribution in [0.4, 0.5) is 5.69 Å². The standard InChI is InChI=1S/C20H18N4O3S/c1-12-2-5-15(6-3-12)27-10-19-22-14(11-28-19)9-18(25)21-13-4-7-16-17(8-13)24-20(26)23-16/h2-8,11H,9-10H2,1H3,(H,21,25)(H2,23,24,26). The number of thiazole rings is 1. The predicted octanol–water partition coefficient (Wildman–Crippen LogP) is 3.38. The Morgan fingerprint density at radius 1 is 1.14 bits per heavy atom. The van der Waals surface area contributed by atoms with Crippen molar-refractivity contribution in [3.05, 3.63) is 74.6 Å². The van der Waals surface area contributed by atoms with Crippen LogP contribution in [0.1, 0.15) is 16.3 Å². The summed E-state index contributed by atoms with van der Waals surface area (Å²) in [7, 11) is 0. The number of hydrogen-bond acceptors (Lipinski definition) is 5. The minimum atomic E-state index is -0.277. The summed E-state index contributed by atoms with van der Waals surface area (Å²) in [6.07, 6.45) is 0.169. The molecule has 0 saturated heterocycles. The highest BCUT2D eigenvalue weighted by Gasteiger charge is 2.10. The van der Waals surface area contributed by atoms with Gasteiger partial charge in [0.25, 0.3) is 0 Å². The van der Waals surface area contributed by atoms with Gasteiger partial charge in [-0.25, -0.2) is 9.78 Å². The Hall–Kier alpha value is -3.39. The number of hydrogen-bond donors (Lipinski definition) is 3. The van der Waals surface area contributed by atoms with Crippen molar-refractivity contribution in [3.8, 4) is 5.75 Å². The highest BCUT2D eigenvalue weighted by atomic mass is 32.1. The average molecular weight is 394 g/mol. The summed E-state index contributed by atoms with van der Waals surface area (Å²) in [4.78, 5) is 33.4. The molecule has 0 aliphatic carbocycles. The van der Waals surface area contributed by atoms with Crippen LogP contribution in [-0.2, 0) is 17.8 Å². The number of benzene rings is 2. The molecule has 2 heterocycles. The molecule has 0 radical (unpaired) electrons. The zero-order valence-corrected chi connectivity index (χ0v) is 15.9. The van der Waals surface area contributed by atoms with E-state index in [9.17, 15) is 9.59 Å². The number of amides is 1. The summed E-state index contributed by atoms with van der Waals surface area (Å²) in [6.45, 7) is 2.39. The van der Waals surface area contributed by atoms with Gasteiger partial charge < -0.3 is 20.0 Å². The van der Waals surface area contributed by atoms with E-state index in [2.05, 4.69) is 20.3 Å². The molecule has 1 amide bonds. The van der Waals surface area contributed by atoms with Crippen molar-refractivity contribution in [2.45, 2.75) is 20.0 Å². The number of imidazole rings is 1. The third-order valence-electron chi connectivity index (χ3n) is 4.12. The number of fused-ring (bicyclic) bond motifs is 1. The summed E-state index contributed by atoms with van der Waals surface area (Å²) < 4.78 is 5.72. The molecule has 0 bridgehead atoms. The van der Waals surface area contributed by atoms with Crippen LogP contribution >= 0.6 is 11.3 Å². The van der Waals surface area contributed by atoms with Crippen LogP contribution in [0.5, 0.6) is 5.75 Å². The number of anilines is 1. The summed E-state index contributed by atoms with van der Waals surface area (Å²) in [5, 5.41) is 5.50. The first-order valence-electron chi connectivity index (χ1n) is 8.70. The Morgan fingerprint density at radius 2 is 1.93 bits per heavy atom. The quantitative estimate of drug-likeness (QED) is 0.467. The van der Waals surface area contributed by atoms with Crippen molar-refractivity contribution in [1.29, 1.82) is 0 Å². The molecule has 0 fully saturated rings. The fourth-order valence-corrected chi connectivity index (χ4v) is 3.46. The van der Waals surface area contributed by atoms with Gasteiger partial charge in [-0.15, -0.1) is 11.3 Å². The molecule has 8 heteroatoms. The lowest BCUT2D eigenvalue weighted by Crippen LogP contribution is -2.14. The van der Waals surface area contributed by atoms with Gasteiger partial charge in [0, 0.05) is 11.1 Å². The van der Waals surface area contributed by atoms with Gasteiger partial charge in [-0.05, 0) is 37.3 Å². The molecule has 0 aliphatic heterocycles.